The van der Waals surface area contributed by atoms with Crippen molar-refractivity contribution < 1.29 is 62.6 Å². The summed E-state index contributed by atoms with van der Waals surface area (Å²) in [6, 6.07) is 12.3. The molecule has 2 saturated heterocycles. The molecule has 2 N–H and O–H groups in total. The van der Waals surface area contributed by atoms with Gasteiger partial charge in [-0.25, -0.2) is 4.79 Å². The lowest BCUT2D eigenvalue weighted by atomic mass is 9.81. The van der Waals surface area contributed by atoms with E-state index in [1.807, 2.05) is 75.4 Å². The molecule has 2 bridgehead atoms. The van der Waals surface area contributed by atoms with Crippen molar-refractivity contribution >= 4 is 40.0 Å². The van der Waals surface area contributed by atoms with Crippen LogP contribution in [0, 0.1) is 29.6 Å². The Morgan fingerprint density at radius 2 is 1.57 bits per heavy atom. The third kappa shape index (κ3) is 12.9. The maximum Gasteiger partial charge on any atom is 0.329 e. The Labute approximate surface area is 408 Å². The van der Waals surface area contributed by atoms with E-state index in [1.54, 1.807) is 21.0 Å². The zero-order chi connectivity index (χ0) is 50.2. The molecule has 3 heterocycles. The number of Topliss-reactive ketones (excluding diaryl/α,β-unsaturated/α-hetero) is 3. The summed E-state index contributed by atoms with van der Waals surface area (Å²) >= 11 is 0. The Kier molecular flexibility index (Phi) is 19.1. The number of methoxy groups -OCH3 is 3. The number of benzene rings is 2. The van der Waals surface area contributed by atoms with Crippen molar-refractivity contribution in [3.8, 4) is 0 Å². The highest BCUT2D eigenvalue weighted by molar-refractivity contribution is 6.39. The molecule has 14 heteroatoms. The number of ether oxygens (including phenoxy) is 6. The molecule has 3 fully saturated rings. The summed E-state index contributed by atoms with van der Waals surface area (Å²) in [5.41, 5.74) is 2.21. The Bertz CT molecular complexity index is 2190. The lowest BCUT2D eigenvalue weighted by Gasteiger charge is -2.47. The van der Waals surface area contributed by atoms with Crippen LogP contribution in [-0.2, 0) is 47.6 Å². The average molecular weight is 960 g/mol. The topological polar surface area (TPSA) is 184 Å². The van der Waals surface area contributed by atoms with Crippen LogP contribution in [0.2, 0.25) is 0 Å². The second kappa shape index (κ2) is 24.3. The van der Waals surface area contributed by atoms with Crippen LogP contribution in [0.15, 0.2) is 65.8 Å². The number of piperidine rings is 1. The van der Waals surface area contributed by atoms with Gasteiger partial charge in [0.25, 0.3) is 11.7 Å². The van der Waals surface area contributed by atoms with Crippen molar-refractivity contribution in [3.63, 3.8) is 0 Å². The Hall–Kier alpha value is -4.15. The van der Waals surface area contributed by atoms with Crippen molar-refractivity contribution in [3.05, 3.63) is 71.3 Å². The molecular weight excluding hydrogens is 883 g/mol. The fourth-order valence-corrected chi connectivity index (χ4v) is 11.2. The number of cyclic esters (lactones) is 1. The highest BCUT2D eigenvalue weighted by atomic mass is 16.7. The van der Waals surface area contributed by atoms with Gasteiger partial charge in [0.15, 0.2) is 5.78 Å². The minimum absolute atomic E-state index is 0.0178. The van der Waals surface area contributed by atoms with E-state index in [-0.39, 0.29) is 68.0 Å². The van der Waals surface area contributed by atoms with Crippen molar-refractivity contribution in [1.82, 2.24) is 4.90 Å². The van der Waals surface area contributed by atoms with Crippen LogP contribution < -0.4 is 0 Å². The first-order chi connectivity index (χ1) is 32.9. The van der Waals surface area contributed by atoms with E-state index < -0.39 is 77.8 Å². The van der Waals surface area contributed by atoms with Crippen LogP contribution in [0.5, 0.6) is 0 Å². The molecule has 2 aromatic carbocycles. The molecule has 1 aliphatic carbocycles. The van der Waals surface area contributed by atoms with Crippen LogP contribution in [0.4, 0.5) is 0 Å². The fourth-order valence-electron chi connectivity index (χ4n) is 11.2. The smallest absolute Gasteiger partial charge is 0.329 e. The van der Waals surface area contributed by atoms with Gasteiger partial charge in [-0.15, -0.1) is 0 Å². The number of allylic oxidation sites excluding steroid dienone is 3. The van der Waals surface area contributed by atoms with Gasteiger partial charge in [-0.3, -0.25) is 19.2 Å². The predicted molar refractivity (Wildman–Crippen MR) is 260 cm³/mol. The van der Waals surface area contributed by atoms with Gasteiger partial charge >= 0.3 is 5.97 Å². The van der Waals surface area contributed by atoms with Crippen molar-refractivity contribution in [2.75, 3.05) is 34.5 Å². The lowest BCUT2D eigenvalue weighted by Crippen LogP contribution is -2.64. The van der Waals surface area contributed by atoms with E-state index in [4.69, 9.17) is 28.4 Å². The Balaban J connectivity index is 1.26. The minimum atomic E-state index is -2.52. The number of aliphatic hydroxyl groups excluding tert-OH is 1. The van der Waals surface area contributed by atoms with Crippen molar-refractivity contribution in [2.24, 2.45) is 29.6 Å². The summed E-state index contributed by atoms with van der Waals surface area (Å²) < 4.78 is 36.6. The highest BCUT2D eigenvalue weighted by Gasteiger charge is 2.56. The van der Waals surface area contributed by atoms with Crippen LogP contribution in [0.1, 0.15) is 123 Å². The number of amides is 1. The molecule has 380 valence electrons. The second-order valence-electron chi connectivity index (χ2n) is 20.4. The number of aliphatic hydroxyl groups is 2. The zero-order valence-electron chi connectivity index (χ0n) is 42.2. The van der Waals surface area contributed by atoms with Gasteiger partial charge in [-0.2, -0.15) is 0 Å². The van der Waals surface area contributed by atoms with E-state index in [2.05, 4.69) is 6.92 Å². The van der Waals surface area contributed by atoms with Crippen molar-refractivity contribution in [1.29, 1.82) is 0 Å². The lowest BCUT2D eigenvalue weighted by molar-refractivity contribution is -0.302. The molecule has 0 spiro atoms. The average Bonchev–Trinajstić information content (AvgIpc) is 3.35. The van der Waals surface area contributed by atoms with E-state index in [0.29, 0.717) is 62.5 Å². The number of fused-ring (bicyclic) bond motifs is 4. The molecule has 69 heavy (non-hydrogen) atoms. The standard InChI is InChI=1S/C55H77NO13/c1-10-38-24-32(2)23-33(3)25-48(65-8)51-49(66-9)27-35(5)55(63,69-51)52(60)53(61)56-22-14-13-17-42(56)54(62)68-50(36(6)43(57)30-44(38)58)34(4)26-37-18-21-46(47(28-37)64-7)67-31-45(59)41-20-19-39-15-11-12-16-40(39)29-41/h11-12,15-16,19-20,24,26,29,33,35-38,42-43,46-51,57,63H,10,13-14,17-18,21-23,25,27-28,30-31H2,1-9H3/b32-24+,34-26?. The van der Waals surface area contributed by atoms with E-state index in [0.717, 1.165) is 16.3 Å². The normalized spacial score (nSPS) is 35.9. The summed E-state index contributed by atoms with van der Waals surface area (Å²) in [5.74, 6) is -7.85. The maximum atomic E-state index is 14.6. The summed E-state index contributed by atoms with van der Waals surface area (Å²) in [7, 11) is 4.68. The third-order valence-corrected chi connectivity index (χ3v) is 15.4. The van der Waals surface area contributed by atoms with Gasteiger partial charge in [-0.05, 0) is 112 Å². The third-order valence-electron chi connectivity index (χ3n) is 15.4. The maximum absolute atomic E-state index is 14.6. The molecule has 14 nitrogen and oxygen atoms in total. The van der Waals surface area contributed by atoms with E-state index in [1.165, 1.54) is 19.1 Å². The molecule has 6 rings (SSSR count). The molecule has 2 aromatic rings. The van der Waals surface area contributed by atoms with Gasteiger partial charge in [0, 0.05) is 57.6 Å². The van der Waals surface area contributed by atoms with Gasteiger partial charge < -0.3 is 43.5 Å². The number of carbonyl (C=O) groups excluding carboxylic acids is 5. The Morgan fingerprint density at radius 3 is 2.26 bits per heavy atom. The molecule has 0 radical (unpaired) electrons. The van der Waals surface area contributed by atoms with Crippen LogP contribution in [0.25, 0.3) is 10.8 Å². The largest absolute Gasteiger partial charge is 0.456 e. The summed E-state index contributed by atoms with van der Waals surface area (Å²) in [6.45, 7) is 11.2. The summed E-state index contributed by atoms with van der Waals surface area (Å²) in [4.78, 5) is 71.8. The van der Waals surface area contributed by atoms with Crippen LogP contribution in [-0.4, -0.2) is 133 Å². The zero-order valence-corrected chi connectivity index (χ0v) is 42.2. The van der Waals surface area contributed by atoms with E-state index in [9.17, 15) is 34.2 Å². The fraction of sp³-hybridized carbons (Fsp3) is 0.655. The van der Waals surface area contributed by atoms with Gasteiger partial charge in [0.2, 0.25) is 5.79 Å². The molecule has 1 amide bonds. The molecule has 1 saturated carbocycles. The van der Waals surface area contributed by atoms with Crippen LogP contribution >= 0.6 is 0 Å². The van der Waals surface area contributed by atoms with Gasteiger partial charge in [0.1, 0.15) is 30.6 Å². The minimum Gasteiger partial charge on any atom is -0.456 e. The molecule has 3 aliphatic heterocycles. The first-order valence-electron chi connectivity index (χ1n) is 25.2. The number of ketones is 3. The number of carbonyl (C=O) groups is 5. The molecule has 14 atom stereocenters. The van der Waals surface area contributed by atoms with E-state index >= 15 is 0 Å². The molecule has 14 unspecified atom stereocenters. The Morgan fingerprint density at radius 1 is 0.870 bits per heavy atom. The van der Waals surface area contributed by atoms with Gasteiger partial charge in [-0.1, -0.05) is 81.8 Å². The summed E-state index contributed by atoms with van der Waals surface area (Å²) in [6.07, 6.45) is 3.79. The summed E-state index contributed by atoms with van der Waals surface area (Å²) in [5, 5.41) is 26.0. The first-order valence-corrected chi connectivity index (χ1v) is 25.2. The monoisotopic (exact) mass is 960 g/mol. The molecule has 4 aliphatic rings. The number of nitrogens with zero attached hydrogens (tertiary/aromatic N) is 1. The van der Waals surface area contributed by atoms with Crippen LogP contribution in [0.3, 0.4) is 0 Å². The number of esters is 1. The van der Waals surface area contributed by atoms with Crippen molar-refractivity contribution in [2.45, 2.75) is 167 Å². The number of rotatable bonds is 10. The first kappa shape index (κ1) is 54.2. The second-order valence-corrected chi connectivity index (χ2v) is 20.4. The quantitative estimate of drug-likeness (QED) is 0.103. The molecule has 0 aromatic heterocycles. The number of hydrogen-bond donors (Lipinski definition) is 2. The highest BCUT2D eigenvalue weighted by Crippen LogP contribution is 2.39. The SMILES string of the molecule is CCC1/C=C(\C)CC(C)CC(OC)C2OC(O)(C(=O)C(=O)N3CCCCC3C(=O)OC(C(C)=CC3CCC(OCC(=O)c4ccc5ccccc5c4)C(OC)C3)C(C)C(O)CC1=O)C(C)CC2OC. The van der Waals surface area contributed by atoms with Gasteiger partial charge in [0.05, 0.1) is 30.5 Å². The number of hydrogen-bond acceptors (Lipinski definition) is 13. The molecular formula is C55H77NO13. The predicted octanol–water partition coefficient (Wildman–Crippen LogP) is 7.53.